The highest BCUT2D eigenvalue weighted by Gasteiger charge is 2.26. The van der Waals surface area contributed by atoms with Gasteiger partial charge >= 0.3 is 6.03 Å². The van der Waals surface area contributed by atoms with Gasteiger partial charge in [-0.05, 0) is 37.4 Å². The third-order valence-corrected chi connectivity index (χ3v) is 4.92. The van der Waals surface area contributed by atoms with Crippen molar-refractivity contribution in [2.24, 2.45) is 5.92 Å². The second-order valence-corrected chi connectivity index (χ2v) is 7.15. The van der Waals surface area contributed by atoms with E-state index in [1.807, 2.05) is 11.8 Å². The van der Waals surface area contributed by atoms with Crippen LogP contribution in [-0.2, 0) is 0 Å². The number of rotatable bonds is 7. The zero-order valence-corrected chi connectivity index (χ0v) is 13.1. The summed E-state index contributed by atoms with van der Waals surface area (Å²) in [5, 5.41) is 15.7. The van der Waals surface area contributed by atoms with Crippen LogP contribution in [0.3, 0.4) is 0 Å². The molecule has 3 unspecified atom stereocenters. The quantitative estimate of drug-likeness (QED) is 0.674. The molecule has 5 heteroatoms. The molecule has 0 radical (unpaired) electrons. The molecule has 1 rings (SSSR count). The highest BCUT2D eigenvalue weighted by atomic mass is 32.2. The molecule has 1 aliphatic rings. The Bertz CT molecular complexity index is 274. The van der Waals surface area contributed by atoms with Gasteiger partial charge in [-0.15, -0.1) is 0 Å². The van der Waals surface area contributed by atoms with Crippen molar-refractivity contribution in [1.82, 2.24) is 10.6 Å². The van der Waals surface area contributed by atoms with E-state index in [2.05, 4.69) is 31.4 Å². The molecule has 0 aromatic rings. The van der Waals surface area contributed by atoms with Crippen molar-refractivity contribution in [3.05, 3.63) is 0 Å². The largest absolute Gasteiger partial charge is 0.396 e. The van der Waals surface area contributed by atoms with E-state index in [0.717, 1.165) is 18.6 Å². The maximum Gasteiger partial charge on any atom is 0.315 e. The molecular weight excluding hydrogens is 260 g/mol. The molecule has 0 saturated heterocycles. The Morgan fingerprint density at radius 1 is 1.42 bits per heavy atom. The fourth-order valence-corrected chi connectivity index (χ4v) is 3.71. The average molecular weight is 288 g/mol. The van der Waals surface area contributed by atoms with Crippen LogP contribution < -0.4 is 10.6 Å². The molecule has 1 saturated carbocycles. The van der Waals surface area contributed by atoms with Gasteiger partial charge in [0.05, 0.1) is 0 Å². The van der Waals surface area contributed by atoms with E-state index >= 15 is 0 Å². The lowest BCUT2D eigenvalue weighted by Crippen LogP contribution is -2.47. The fraction of sp³-hybridized carbons (Fsp3) is 0.929. The summed E-state index contributed by atoms with van der Waals surface area (Å²) < 4.78 is 0. The molecule has 0 spiro atoms. The summed E-state index contributed by atoms with van der Waals surface area (Å²) in [7, 11) is 0. The van der Waals surface area contributed by atoms with Gasteiger partial charge in [0.25, 0.3) is 0 Å². The number of thioether (sulfide) groups is 1. The van der Waals surface area contributed by atoms with Crippen LogP contribution in [0.1, 0.15) is 46.5 Å². The molecule has 0 aliphatic heterocycles. The Morgan fingerprint density at radius 3 is 2.74 bits per heavy atom. The Kier molecular flexibility index (Phi) is 7.61. The number of carbonyl (C=O) groups is 1. The third-order valence-electron chi connectivity index (χ3n) is 3.68. The number of aliphatic hydroxyl groups excluding tert-OH is 1. The Labute approximate surface area is 121 Å². The van der Waals surface area contributed by atoms with Crippen molar-refractivity contribution in [3.8, 4) is 0 Å². The normalized spacial score (nSPS) is 24.5. The first-order valence-corrected chi connectivity index (χ1v) is 8.41. The predicted molar refractivity (Wildman–Crippen MR) is 81.6 cm³/mol. The van der Waals surface area contributed by atoms with E-state index in [1.54, 1.807) is 0 Å². The second-order valence-electron chi connectivity index (χ2n) is 5.57. The zero-order valence-electron chi connectivity index (χ0n) is 12.3. The van der Waals surface area contributed by atoms with Gasteiger partial charge < -0.3 is 15.7 Å². The van der Waals surface area contributed by atoms with Gasteiger partial charge in [-0.2, -0.15) is 11.8 Å². The minimum absolute atomic E-state index is 0.0483. The number of aliphatic hydroxyl groups is 1. The molecule has 2 amide bonds. The highest BCUT2D eigenvalue weighted by molar-refractivity contribution is 7.99. The van der Waals surface area contributed by atoms with Crippen LogP contribution in [0.4, 0.5) is 4.79 Å². The van der Waals surface area contributed by atoms with Crippen LogP contribution in [-0.4, -0.2) is 40.8 Å². The third kappa shape index (κ3) is 6.04. The summed E-state index contributed by atoms with van der Waals surface area (Å²) in [5.41, 5.74) is 0. The molecule has 0 aromatic carbocycles. The minimum Gasteiger partial charge on any atom is -0.396 e. The number of hydrogen-bond donors (Lipinski definition) is 3. The maximum atomic E-state index is 11.9. The first-order valence-electron chi connectivity index (χ1n) is 7.36. The number of carbonyl (C=O) groups excluding carboxylic acids is 1. The fourth-order valence-electron chi connectivity index (χ4n) is 2.56. The lowest BCUT2D eigenvalue weighted by molar-refractivity contribution is 0.216. The summed E-state index contributed by atoms with van der Waals surface area (Å²) in [6.07, 6.45) is 3.98. The molecule has 3 atom stereocenters. The lowest BCUT2D eigenvalue weighted by Gasteiger charge is -2.23. The van der Waals surface area contributed by atoms with Crippen LogP contribution in [0.2, 0.25) is 0 Å². The molecular formula is C14H28N2O2S. The molecule has 0 aromatic heterocycles. The lowest BCUT2D eigenvalue weighted by atomic mass is 10.0. The van der Waals surface area contributed by atoms with Gasteiger partial charge in [-0.25, -0.2) is 4.79 Å². The molecule has 112 valence electrons. The van der Waals surface area contributed by atoms with Gasteiger partial charge in [0, 0.05) is 23.9 Å². The predicted octanol–water partition coefficient (Wildman–Crippen LogP) is 2.37. The van der Waals surface area contributed by atoms with Crippen molar-refractivity contribution >= 4 is 17.8 Å². The number of amides is 2. The molecule has 0 heterocycles. The smallest absolute Gasteiger partial charge is 0.315 e. The first kappa shape index (κ1) is 16.6. The Balaban J connectivity index is 2.30. The van der Waals surface area contributed by atoms with Crippen molar-refractivity contribution in [2.75, 3.05) is 12.4 Å². The van der Waals surface area contributed by atoms with Gasteiger partial charge in [0.1, 0.15) is 0 Å². The maximum absolute atomic E-state index is 11.9. The Hall–Kier alpha value is -0.420. The van der Waals surface area contributed by atoms with Crippen LogP contribution in [0, 0.1) is 5.92 Å². The summed E-state index contributed by atoms with van der Waals surface area (Å²) >= 11 is 1.99. The molecule has 4 nitrogen and oxygen atoms in total. The molecule has 1 fully saturated rings. The van der Waals surface area contributed by atoms with Crippen molar-refractivity contribution in [1.29, 1.82) is 0 Å². The van der Waals surface area contributed by atoms with E-state index in [4.69, 9.17) is 5.11 Å². The van der Waals surface area contributed by atoms with Crippen LogP contribution in [0.15, 0.2) is 0 Å². The van der Waals surface area contributed by atoms with Gasteiger partial charge in [-0.1, -0.05) is 20.8 Å². The van der Waals surface area contributed by atoms with E-state index in [1.165, 1.54) is 6.42 Å². The second kappa shape index (κ2) is 8.69. The highest BCUT2D eigenvalue weighted by Crippen LogP contribution is 2.29. The SMILES string of the molecule is CCSC1CCC(NC(=O)NC(CCO)C(C)C)C1. The molecule has 1 aliphatic carbocycles. The summed E-state index contributed by atoms with van der Waals surface area (Å²) in [6, 6.07) is 0.275. The molecule has 3 N–H and O–H groups in total. The monoisotopic (exact) mass is 288 g/mol. The van der Waals surface area contributed by atoms with Crippen molar-refractivity contribution in [3.63, 3.8) is 0 Å². The van der Waals surface area contributed by atoms with Crippen LogP contribution in [0.5, 0.6) is 0 Å². The number of urea groups is 1. The minimum atomic E-state index is -0.0840. The van der Waals surface area contributed by atoms with E-state index < -0.39 is 0 Å². The summed E-state index contributed by atoms with van der Waals surface area (Å²) in [4.78, 5) is 11.9. The first-order chi connectivity index (χ1) is 9.06. The van der Waals surface area contributed by atoms with E-state index in [-0.39, 0.29) is 18.7 Å². The van der Waals surface area contributed by atoms with Gasteiger partial charge in [-0.3, -0.25) is 0 Å². The number of hydrogen-bond acceptors (Lipinski definition) is 3. The molecule has 19 heavy (non-hydrogen) atoms. The summed E-state index contributed by atoms with van der Waals surface area (Å²) in [5.74, 6) is 1.49. The topological polar surface area (TPSA) is 61.4 Å². The van der Waals surface area contributed by atoms with Crippen LogP contribution in [0.25, 0.3) is 0 Å². The van der Waals surface area contributed by atoms with Crippen molar-refractivity contribution in [2.45, 2.75) is 63.8 Å². The van der Waals surface area contributed by atoms with Gasteiger partial charge in [0.2, 0.25) is 0 Å². The molecule has 0 bridgehead atoms. The number of nitrogens with one attached hydrogen (secondary N) is 2. The van der Waals surface area contributed by atoms with Gasteiger partial charge in [0.15, 0.2) is 0 Å². The van der Waals surface area contributed by atoms with Crippen LogP contribution >= 0.6 is 11.8 Å². The average Bonchev–Trinajstić information content (AvgIpc) is 2.76. The Morgan fingerprint density at radius 2 is 2.16 bits per heavy atom. The van der Waals surface area contributed by atoms with Crippen molar-refractivity contribution < 1.29 is 9.90 Å². The van der Waals surface area contributed by atoms with E-state index in [9.17, 15) is 4.79 Å². The zero-order chi connectivity index (χ0) is 14.3. The standard InChI is InChI=1S/C14H28N2O2S/c1-4-19-12-6-5-11(9-12)15-14(18)16-13(7-8-17)10(2)3/h10-13,17H,4-9H2,1-3H3,(H2,15,16,18). The van der Waals surface area contributed by atoms with E-state index in [0.29, 0.717) is 23.6 Å². The summed E-state index contributed by atoms with van der Waals surface area (Å²) in [6.45, 7) is 6.41.